The van der Waals surface area contributed by atoms with Crippen LogP contribution in [0.5, 0.6) is 0 Å². The van der Waals surface area contributed by atoms with E-state index in [1.807, 2.05) is 6.92 Å². The maximum atomic E-state index is 10.2. The molecule has 0 aromatic rings. The second-order valence-corrected chi connectivity index (χ2v) is 2.83. The summed E-state index contributed by atoms with van der Waals surface area (Å²) in [4.78, 5) is 0. The van der Waals surface area contributed by atoms with E-state index in [1.54, 1.807) is 6.26 Å². The van der Waals surface area contributed by atoms with Crippen molar-refractivity contribution in [1.82, 2.24) is 0 Å². The van der Waals surface area contributed by atoms with Crippen LogP contribution in [-0.4, -0.2) is 16.2 Å². The molecular formula is C4H10OS. The van der Waals surface area contributed by atoms with Crippen molar-refractivity contribution < 1.29 is 4.21 Å². The molecule has 6 heavy (non-hydrogen) atoms. The molecular weight excluding hydrogens is 96.1 g/mol. The van der Waals surface area contributed by atoms with E-state index in [2.05, 4.69) is 0 Å². The Morgan fingerprint density at radius 1 is 1.67 bits per heavy atom. The van der Waals surface area contributed by atoms with Crippen LogP contribution < -0.4 is 0 Å². The topological polar surface area (TPSA) is 17.1 Å². The van der Waals surface area contributed by atoms with E-state index < -0.39 is 10.8 Å². The van der Waals surface area contributed by atoms with Crippen LogP contribution in [0.4, 0.5) is 0 Å². The van der Waals surface area contributed by atoms with Crippen molar-refractivity contribution in [2.45, 2.75) is 13.3 Å². The van der Waals surface area contributed by atoms with E-state index in [-0.39, 0.29) is 0 Å². The van der Waals surface area contributed by atoms with Crippen molar-refractivity contribution in [3.8, 4) is 0 Å². The lowest BCUT2D eigenvalue weighted by Gasteiger charge is -1.82. The van der Waals surface area contributed by atoms with Gasteiger partial charge in [-0.1, -0.05) is 6.92 Å². The highest BCUT2D eigenvalue weighted by Gasteiger charge is 1.80. The fraction of sp³-hybridized carbons (Fsp3) is 1.00. The molecule has 0 saturated carbocycles. The first kappa shape index (κ1) is 6.15. The van der Waals surface area contributed by atoms with Gasteiger partial charge in [0.05, 0.1) is 0 Å². The molecule has 1 atom stereocenters. The van der Waals surface area contributed by atoms with Crippen molar-refractivity contribution in [3.63, 3.8) is 0 Å². The fourth-order valence-electron chi connectivity index (χ4n) is 0.287. The molecule has 38 valence electrons. The van der Waals surface area contributed by atoms with Crippen LogP contribution >= 0.6 is 0 Å². The Bertz CT molecular complexity index is 51.5. The molecule has 0 aromatic carbocycles. The van der Waals surface area contributed by atoms with Gasteiger partial charge in [0.1, 0.15) is 0 Å². The zero-order valence-electron chi connectivity index (χ0n) is 4.23. The molecule has 0 amide bonds. The Hall–Kier alpha value is 0.150. The van der Waals surface area contributed by atoms with Gasteiger partial charge in [-0.05, 0) is 6.42 Å². The zero-order chi connectivity index (χ0) is 4.99. The molecule has 0 aliphatic heterocycles. The molecule has 2 heteroatoms. The van der Waals surface area contributed by atoms with Gasteiger partial charge in [-0.2, -0.15) is 0 Å². The third-order valence-corrected chi connectivity index (χ3v) is 1.47. The lowest BCUT2D eigenvalue weighted by Crippen LogP contribution is -1.89. The third kappa shape index (κ3) is 4.15. The normalized spacial score (nSPS) is 14.3. The van der Waals surface area contributed by atoms with Gasteiger partial charge in [0, 0.05) is 22.8 Å². The summed E-state index contributed by atoms with van der Waals surface area (Å²) >= 11 is 0. The van der Waals surface area contributed by atoms with E-state index in [4.69, 9.17) is 0 Å². The van der Waals surface area contributed by atoms with Crippen LogP contribution in [0.2, 0.25) is 0 Å². The summed E-state index contributed by atoms with van der Waals surface area (Å²) in [5.41, 5.74) is 0. The van der Waals surface area contributed by atoms with Crippen LogP contribution in [-0.2, 0) is 10.8 Å². The van der Waals surface area contributed by atoms with Crippen molar-refractivity contribution in [2.24, 2.45) is 0 Å². The summed E-state index contributed by atoms with van der Waals surface area (Å²) in [5.74, 6) is 0.847. The summed E-state index contributed by atoms with van der Waals surface area (Å²) < 4.78 is 10.2. The average molecular weight is 106 g/mol. The zero-order valence-corrected chi connectivity index (χ0v) is 5.05. The van der Waals surface area contributed by atoms with Gasteiger partial charge in [-0.3, -0.25) is 4.21 Å². The number of hydrogen-bond donors (Lipinski definition) is 0. The highest BCUT2D eigenvalue weighted by Crippen LogP contribution is 1.77. The maximum absolute atomic E-state index is 10.2. The van der Waals surface area contributed by atoms with Crippen molar-refractivity contribution >= 4 is 10.8 Å². The van der Waals surface area contributed by atoms with Crippen LogP contribution in [0.3, 0.4) is 0 Å². The van der Waals surface area contributed by atoms with Crippen LogP contribution in [0.1, 0.15) is 13.3 Å². The Balaban J connectivity index is 2.83. The summed E-state index contributed by atoms with van der Waals surface area (Å²) in [6.07, 6.45) is 2.76. The maximum Gasteiger partial charge on any atom is 0.0229 e. The molecule has 0 aliphatic rings. The molecule has 0 bridgehead atoms. The minimum absolute atomic E-state index is 0.566. The van der Waals surface area contributed by atoms with Gasteiger partial charge in [-0.25, -0.2) is 0 Å². The number of hydrogen-bond acceptors (Lipinski definition) is 1. The lowest BCUT2D eigenvalue weighted by atomic mass is 10.6. The van der Waals surface area contributed by atoms with Gasteiger partial charge in [0.25, 0.3) is 0 Å². The molecule has 0 spiro atoms. The summed E-state index contributed by atoms with van der Waals surface area (Å²) in [5, 5.41) is 0. The number of rotatable bonds is 2. The van der Waals surface area contributed by atoms with E-state index in [0.717, 1.165) is 12.2 Å². The van der Waals surface area contributed by atoms with Crippen molar-refractivity contribution in [1.29, 1.82) is 0 Å². The van der Waals surface area contributed by atoms with Crippen LogP contribution in [0.15, 0.2) is 0 Å². The average Bonchev–Trinajstić information content (AvgIpc) is 1.35. The van der Waals surface area contributed by atoms with Gasteiger partial charge >= 0.3 is 0 Å². The Morgan fingerprint density at radius 3 is 2.17 bits per heavy atom. The molecule has 0 rings (SSSR count). The van der Waals surface area contributed by atoms with Crippen molar-refractivity contribution in [3.05, 3.63) is 0 Å². The summed E-state index contributed by atoms with van der Waals surface area (Å²) in [6, 6.07) is 0. The minimum atomic E-state index is -0.566. The van der Waals surface area contributed by atoms with E-state index in [0.29, 0.717) is 0 Å². The molecule has 0 N–H and O–H groups in total. The highest BCUT2D eigenvalue weighted by molar-refractivity contribution is 7.84. The smallest absolute Gasteiger partial charge is 0.0229 e. The summed E-state index contributed by atoms with van der Waals surface area (Å²) in [7, 11) is -0.566. The van der Waals surface area contributed by atoms with E-state index >= 15 is 0 Å². The monoisotopic (exact) mass is 106 g/mol. The second kappa shape index (κ2) is 3.34. The standard InChI is InChI=1S/C4H10OS/c1-3-4-6(2)5/h3-4H2,1-2H3/t6-/m0/s1. The van der Waals surface area contributed by atoms with Gasteiger partial charge in [0.15, 0.2) is 0 Å². The molecule has 1 nitrogen and oxygen atoms in total. The first-order valence-corrected chi connectivity index (χ1v) is 3.80. The van der Waals surface area contributed by atoms with E-state index in [1.165, 1.54) is 0 Å². The Kier molecular flexibility index (Phi) is 3.43. The minimum Gasteiger partial charge on any atom is -0.260 e. The molecule has 0 saturated heterocycles. The predicted molar refractivity (Wildman–Crippen MR) is 29.2 cm³/mol. The molecule has 0 aromatic heterocycles. The lowest BCUT2D eigenvalue weighted by molar-refractivity contribution is 0.685. The Morgan fingerprint density at radius 2 is 2.17 bits per heavy atom. The van der Waals surface area contributed by atoms with Crippen molar-refractivity contribution in [2.75, 3.05) is 12.0 Å². The van der Waals surface area contributed by atoms with Gasteiger partial charge in [0.2, 0.25) is 0 Å². The molecule has 0 unspecified atom stereocenters. The second-order valence-electron chi connectivity index (χ2n) is 1.28. The van der Waals surface area contributed by atoms with Crippen LogP contribution in [0.25, 0.3) is 0 Å². The quantitative estimate of drug-likeness (QED) is 0.508. The van der Waals surface area contributed by atoms with Crippen LogP contribution in [0, 0.1) is 0 Å². The van der Waals surface area contributed by atoms with E-state index in [9.17, 15) is 4.21 Å². The molecule has 0 heterocycles. The van der Waals surface area contributed by atoms with Gasteiger partial charge in [-0.15, -0.1) is 0 Å². The summed E-state index contributed by atoms with van der Waals surface area (Å²) in [6.45, 7) is 2.03. The molecule has 0 aliphatic carbocycles. The first-order valence-electron chi connectivity index (χ1n) is 2.07. The molecule has 0 fully saturated rings. The highest BCUT2D eigenvalue weighted by atomic mass is 32.2. The Labute approximate surface area is 41.2 Å². The predicted octanol–water partition coefficient (Wildman–Crippen LogP) is 0.775. The molecule has 0 radical (unpaired) electrons. The first-order chi connectivity index (χ1) is 2.77. The third-order valence-electron chi connectivity index (χ3n) is 0.492. The largest absolute Gasteiger partial charge is 0.260 e. The SMILES string of the molecule is CCC[S@](C)=O. The van der Waals surface area contributed by atoms with Gasteiger partial charge < -0.3 is 0 Å². The fourth-order valence-corrected chi connectivity index (χ4v) is 0.862.